The van der Waals surface area contributed by atoms with Crippen molar-refractivity contribution < 1.29 is 9.53 Å². The maximum absolute atomic E-state index is 12.0. The number of nitrogens with zero attached hydrogens (tertiary/aromatic N) is 2. The molecule has 0 amide bonds. The molecule has 3 aromatic rings. The third-order valence-electron chi connectivity index (χ3n) is 4.18. The van der Waals surface area contributed by atoms with Gasteiger partial charge in [-0.1, -0.05) is 36.8 Å². The molecule has 9 heteroatoms. The summed E-state index contributed by atoms with van der Waals surface area (Å²) in [5.74, 6) is 0.205. The summed E-state index contributed by atoms with van der Waals surface area (Å²) in [6.07, 6.45) is 2.72. The van der Waals surface area contributed by atoms with Crippen LogP contribution in [-0.2, 0) is 17.7 Å². The van der Waals surface area contributed by atoms with Crippen molar-refractivity contribution in [1.29, 1.82) is 0 Å². The highest BCUT2D eigenvalue weighted by molar-refractivity contribution is 9.10. The van der Waals surface area contributed by atoms with E-state index < -0.39 is 5.97 Å². The molecular weight excluding hydrogens is 472 g/mol. The molecular formula is C20H21BrN4O2S2. The van der Waals surface area contributed by atoms with E-state index in [0.717, 1.165) is 21.3 Å². The lowest BCUT2D eigenvalue weighted by Gasteiger charge is -2.09. The van der Waals surface area contributed by atoms with Crippen LogP contribution in [-0.4, -0.2) is 28.0 Å². The van der Waals surface area contributed by atoms with Gasteiger partial charge in [-0.05, 0) is 53.1 Å². The number of benzene rings is 1. The van der Waals surface area contributed by atoms with Crippen LogP contribution in [0.2, 0.25) is 0 Å². The highest BCUT2D eigenvalue weighted by Crippen LogP contribution is 2.30. The van der Waals surface area contributed by atoms with Gasteiger partial charge in [0.05, 0.1) is 23.7 Å². The van der Waals surface area contributed by atoms with Crippen LogP contribution in [0.1, 0.15) is 33.3 Å². The number of rotatable bonds is 6. The molecule has 0 fully saturated rings. The zero-order valence-corrected chi connectivity index (χ0v) is 19.5. The number of thiocarbonyl (C=S) groups is 1. The Morgan fingerprint density at radius 1 is 1.31 bits per heavy atom. The van der Waals surface area contributed by atoms with Gasteiger partial charge < -0.3 is 15.4 Å². The number of anilines is 2. The molecule has 3 rings (SSSR count). The Bertz CT molecular complexity index is 1030. The van der Waals surface area contributed by atoms with Crippen LogP contribution < -0.4 is 10.6 Å². The van der Waals surface area contributed by atoms with E-state index in [1.807, 2.05) is 23.9 Å². The SMILES string of the molecule is CCc1cc(C(=O)OC)c(NC(=S)Nc2nn(Cc3ccc(C)cc3)cc2Br)s1. The molecule has 29 heavy (non-hydrogen) atoms. The minimum absolute atomic E-state index is 0.348. The quantitative estimate of drug-likeness (QED) is 0.363. The van der Waals surface area contributed by atoms with Crippen LogP contribution in [0.4, 0.5) is 10.8 Å². The normalized spacial score (nSPS) is 10.6. The zero-order valence-electron chi connectivity index (χ0n) is 16.3. The number of hydrogen-bond acceptors (Lipinski definition) is 5. The van der Waals surface area contributed by atoms with Crippen LogP contribution in [0.5, 0.6) is 0 Å². The second-order valence-electron chi connectivity index (χ2n) is 6.39. The number of hydrogen-bond donors (Lipinski definition) is 2. The average Bonchev–Trinajstić information content (AvgIpc) is 3.26. The number of ether oxygens (including phenoxy) is 1. The Labute approximate surface area is 187 Å². The molecule has 0 spiro atoms. The highest BCUT2D eigenvalue weighted by atomic mass is 79.9. The molecule has 0 saturated carbocycles. The van der Waals surface area contributed by atoms with Crippen LogP contribution in [0.25, 0.3) is 0 Å². The first-order valence-corrected chi connectivity index (χ1v) is 11.0. The van der Waals surface area contributed by atoms with E-state index in [1.165, 1.54) is 24.0 Å². The highest BCUT2D eigenvalue weighted by Gasteiger charge is 2.18. The number of esters is 1. The van der Waals surface area contributed by atoms with Gasteiger partial charge >= 0.3 is 5.97 Å². The first-order valence-electron chi connectivity index (χ1n) is 8.97. The van der Waals surface area contributed by atoms with E-state index in [1.54, 1.807) is 0 Å². The summed E-state index contributed by atoms with van der Waals surface area (Å²) in [4.78, 5) is 13.1. The lowest BCUT2D eigenvalue weighted by Crippen LogP contribution is -2.20. The number of carbonyl (C=O) groups excluding carboxylic acids is 1. The van der Waals surface area contributed by atoms with E-state index in [2.05, 4.69) is 62.9 Å². The number of carbonyl (C=O) groups is 1. The second kappa shape index (κ2) is 9.51. The average molecular weight is 493 g/mol. The van der Waals surface area contributed by atoms with Crippen molar-refractivity contribution >= 4 is 61.4 Å². The fourth-order valence-electron chi connectivity index (χ4n) is 2.66. The molecule has 0 bridgehead atoms. The van der Waals surface area contributed by atoms with Crippen molar-refractivity contribution in [3.05, 3.63) is 62.6 Å². The molecule has 152 valence electrons. The molecule has 0 radical (unpaired) electrons. The molecule has 0 aliphatic carbocycles. The summed E-state index contributed by atoms with van der Waals surface area (Å²) in [5, 5.41) is 11.7. The predicted molar refractivity (Wildman–Crippen MR) is 125 cm³/mol. The smallest absolute Gasteiger partial charge is 0.340 e. The van der Waals surface area contributed by atoms with Gasteiger partial charge in [-0.3, -0.25) is 4.68 Å². The third-order valence-corrected chi connectivity index (χ3v) is 6.16. The summed E-state index contributed by atoms with van der Waals surface area (Å²) in [5.41, 5.74) is 2.86. The van der Waals surface area contributed by atoms with Crippen molar-refractivity contribution in [1.82, 2.24) is 9.78 Å². The largest absolute Gasteiger partial charge is 0.465 e. The van der Waals surface area contributed by atoms with E-state index in [4.69, 9.17) is 17.0 Å². The number of aromatic nitrogens is 2. The van der Waals surface area contributed by atoms with Gasteiger partial charge in [-0.25, -0.2) is 4.79 Å². The summed E-state index contributed by atoms with van der Waals surface area (Å²) >= 11 is 10.4. The summed E-state index contributed by atoms with van der Waals surface area (Å²) in [6, 6.07) is 10.2. The number of methoxy groups -OCH3 is 1. The third kappa shape index (κ3) is 5.43. The van der Waals surface area contributed by atoms with Crippen LogP contribution in [0.15, 0.2) is 41.0 Å². The fraction of sp³-hybridized carbons (Fsp3) is 0.250. The van der Waals surface area contributed by atoms with Gasteiger partial charge in [0, 0.05) is 11.1 Å². The summed E-state index contributed by atoms with van der Waals surface area (Å²) in [6.45, 7) is 4.75. The first-order chi connectivity index (χ1) is 13.9. The first kappa shape index (κ1) is 21.5. The van der Waals surface area contributed by atoms with Gasteiger partial charge in [0.15, 0.2) is 10.9 Å². The lowest BCUT2D eigenvalue weighted by atomic mass is 10.1. The Hall–Kier alpha value is -2.23. The molecule has 1 aromatic carbocycles. The van der Waals surface area contributed by atoms with E-state index in [9.17, 15) is 4.79 Å². The molecule has 0 aliphatic heterocycles. The van der Waals surface area contributed by atoms with Gasteiger partial charge in [-0.15, -0.1) is 11.3 Å². The van der Waals surface area contributed by atoms with Crippen molar-refractivity contribution in [3.63, 3.8) is 0 Å². The number of thiophene rings is 1. The van der Waals surface area contributed by atoms with Crippen LogP contribution in [0.3, 0.4) is 0 Å². The second-order valence-corrected chi connectivity index (χ2v) is 8.79. The standard InChI is InChI=1S/C20H21BrN4O2S2/c1-4-14-9-15(19(26)27-3)18(29-14)23-20(28)22-17-16(21)11-25(24-17)10-13-7-5-12(2)6-8-13/h5-9,11H,4,10H2,1-3H3,(H2,22,23,24,28). The Morgan fingerprint density at radius 2 is 2.03 bits per heavy atom. The topological polar surface area (TPSA) is 68.2 Å². The summed E-state index contributed by atoms with van der Waals surface area (Å²) < 4.78 is 7.49. The van der Waals surface area contributed by atoms with Gasteiger partial charge in [0.1, 0.15) is 5.00 Å². The fourth-order valence-corrected chi connectivity index (χ4v) is 4.32. The number of halogens is 1. The maximum atomic E-state index is 12.0. The molecule has 0 unspecified atom stereocenters. The van der Waals surface area contributed by atoms with Crippen molar-refractivity contribution in [2.24, 2.45) is 0 Å². The Morgan fingerprint density at radius 3 is 2.69 bits per heavy atom. The van der Waals surface area contributed by atoms with E-state index in [0.29, 0.717) is 28.0 Å². The van der Waals surface area contributed by atoms with Crippen molar-refractivity contribution in [2.75, 3.05) is 17.7 Å². The Kier molecular flexibility index (Phi) is 7.05. The molecule has 2 heterocycles. The number of nitrogens with one attached hydrogen (secondary N) is 2. The van der Waals surface area contributed by atoms with Gasteiger partial charge in [0.25, 0.3) is 0 Å². The molecule has 6 nitrogen and oxygen atoms in total. The maximum Gasteiger partial charge on any atom is 0.340 e. The van der Waals surface area contributed by atoms with Gasteiger partial charge in [0.2, 0.25) is 0 Å². The van der Waals surface area contributed by atoms with E-state index in [-0.39, 0.29) is 0 Å². The monoisotopic (exact) mass is 492 g/mol. The zero-order chi connectivity index (χ0) is 21.0. The molecule has 0 atom stereocenters. The minimum atomic E-state index is -0.394. The van der Waals surface area contributed by atoms with Gasteiger partial charge in [-0.2, -0.15) is 5.10 Å². The Balaban J connectivity index is 1.70. The van der Waals surface area contributed by atoms with Crippen LogP contribution >= 0.6 is 39.5 Å². The predicted octanol–water partition coefficient (Wildman–Crippen LogP) is 5.22. The molecule has 2 N–H and O–H groups in total. The molecule has 0 saturated heterocycles. The lowest BCUT2D eigenvalue weighted by molar-refractivity contribution is 0.0602. The minimum Gasteiger partial charge on any atom is -0.465 e. The molecule has 2 aromatic heterocycles. The van der Waals surface area contributed by atoms with Crippen molar-refractivity contribution in [3.8, 4) is 0 Å². The summed E-state index contributed by atoms with van der Waals surface area (Å²) in [7, 11) is 1.36. The molecule has 0 aliphatic rings. The van der Waals surface area contributed by atoms with E-state index >= 15 is 0 Å². The number of aryl methyl sites for hydroxylation is 2. The van der Waals surface area contributed by atoms with Crippen LogP contribution in [0, 0.1) is 6.92 Å². The van der Waals surface area contributed by atoms with Crippen molar-refractivity contribution in [2.45, 2.75) is 26.8 Å².